The normalized spacial score (nSPS) is 20.7. The summed E-state index contributed by atoms with van der Waals surface area (Å²) in [5.74, 6) is -2.08. The Kier molecular flexibility index (Phi) is 7.60. The van der Waals surface area contributed by atoms with Crippen molar-refractivity contribution in [2.45, 2.75) is 38.3 Å². The van der Waals surface area contributed by atoms with Gasteiger partial charge in [-0.15, -0.1) is 0 Å². The molecular weight excluding hydrogens is 496 g/mol. The molecule has 4 N–H and O–H groups in total. The van der Waals surface area contributed by atoms with Crippen LogP contribution in [0.4, 0.5) is 5.69 Å². The number of carbonyl (C=O) groups excluding carboxylic acids is 2. The highest BCUT2D eigenvalue weighted by molar-refractivity contribution is 6.08. The Morgan fingerprint density at radius 1 is 1.13 bits per heavy atom. The molecule has 0 saturated carbocycles. The second-order valence-corrected chi connectivity index (χ2v) is 10.1. The van der Waals surface area contributed by atoms with Crippen LogP contribution < -0.4 is 11.1 Å². The van der Waals surface area contributed by atoms with Crippen LogP contribution in [0.3, 0.4) is 0 Å². The van der Waals surface area contributed by atoms with E-state index >= 15 is 0 Å². The summed E-state index contributed by atoms with van der Waals surface area (Å²) in [6.45, 7) is 4.52. The van der Waals surface area contributed by atoms with Gasteiger partial charge >= 0.3 is 11.9 Å². The molecule has 9 nitrogen and oxygen atoms in total. The number of hydrogen-bond acceptors (Lipinski definition) is 7. The fourth-order valence-electron chi connectivity index (χ4n) is 5.83. The van der Waals surface area contributed by atoms with E-state index in [1.807, 2.05) is 30.3 Å². The monoisotopic (exact) mass is 528 g/mol. The van der Waals surface area contributed by atoms with Crippen molar-refractivity contribution in [3.05, 3.63) is 83.2 Å². The summed E-state index contributed by atoms with van der Waals surface area (Å²) >= 11 is 0. The lowest BCUT2D eigenvalue weighted by Gasteiger charge is -2.44. The van der Waals surface area contributed by atoms with Gasteiger partial charge in [-0.25, -0.2) is 9.59 Å². The summed E-state index contributed by atoms with van der Waals surface area (Å²) in [6, 6.07) is 13.1. The lowest BCUT2D eigenvalue weighted by molar-refractivity contribution is -0.159. The predicted octanol–water partition coefficient (Wildman–Crippen LogP) is 3.90. The van der Waals surface area contributed by atoms with E-state index < -0.39 is 23.9 Å². The minimum absolute atomic E-state index is 0.0517. The Morgan fingerprint density at radius 3 is 2.38 bits per heavy atom. The van der Waals surface area contributed by atoms with Crippen LogP contribution >= 0.6 is 0 Å². The van der Waals surface area contributed by atoms with Crippen molar-refractivity contribution in [1.82, 2.24) is 9.88 Å². The van der Waals surface area contributed by atoms with E-state index in [9.17, 15) is 19.5 Å². The van der Waals surface area contributed by atoms with Crippen molar-refractivity contribution < 1.29 is 24.2 Å². The van der Waals surface area contributed by atoms with E-state index in [2.05, 4.69) is 15.2 Å². The summed E-state index contributed by atoms with van der Waals surface area (Å²) in [5, 5.41) is 13.3. The Bertz CT molecular complexity index is 1370. The van der Waals surface area contributed by atoms with Crippen LogP contribution in [0, 0.1) is 5.92 Å². The van der Waals surface area contributed by atoms with E-state index in [0.29, 0.717) is 40.4 Å². The van der Waals surface area contributed by atoms with E-state index in [1.165, 1.54) is 6.07 Å². The van der Waals surface area contributed by atoms with Crippen molar-refractivity contribution in [2.75, 3.05) is 25.0 Å². The average molecular weight is 529 g/mol. The molecule has 2 bridgehead atoms. The quantitative estimate of drug-likeness (QED) is 0.356. The molecule has 202 valence electrons. The third-order valence-electron chi connectivity index (χ3n) is 7.77. The highest BCUT2D eigenvalue weighted by Gasteiger charge is 2.38. The van der Waals surface area contributed by atoms with Crippen molar-refractivity contribution in [3.8, 4) is 11.1 Å². The number of carboxylic acids is 1. The molecule has 1 aromatic heterocycles. The maximum Gasteiger partial charge on any atom is 0.336 e. The molecule has 3 aliphatic heterocycles. The average Bonchev–Trinajstić information content (AvgIpc) is 2.96. The number of benzene rings is 2. The standard InChI is InChI=1S/C30H32N4O5/c1-2-21-22(29(36)37)16-23(25(26(21)28(31)35)19-8-12-32-13-9-19)33-27(20-6-4-3-5-7-20)30(38)39-24-17-34-14-10-18(24)11-15-34/h3-9,12-13,16,18,24,27,33H,2,10-11,14-15,17H2,1H3,(H2,31,35)(H,36,37)/t24-,27?/m0/s1. The second kappa shape index (κ2) is 11.2. The van der Waals surface area contributed by atoms with Gasteiger partial charge in [0.15, 0.2) is 6.04 Å². The van der Waals surface area contributed by atoms with Crippen LogP contribution in [0.5, 0.6) is 0 Å². The maximum atomic E-state index is 13.8. The molecule has 3 saturated heterocycles. The van der Waals surface area contributed by atoms with Crippen molar-refractivity contribution in [2.24, 2.45) is 11.7 Å². The molecule has 1 amide bonds. The number of nitrogens with one attached hydrogen (secondary N) is 1. The van der Waals surface area contributed by atoms with Gasteiger partial charge in [0, 0.05) is 30.2 Å². The number of pyridine rings is 1. The first-order valence-corrected chi connectivity index (χ1v) is 13.2. The molecule has 4 heterocycles. The molecule has 39 heavy (non-hydrogen) atoms. The fourth-order valence-corrected chi connectivity index (χ4v) is 5.83. The summed E-state index contributed by atoms with van der Waals surface area (Å²) in [7, 11) is 0. The number of amides is 1. The lowest BCUT2D eigenvalue weighted by Crippen LogP contribution is -2.52. The van der Waals surface area contributed by atoms with E-state index in [-0.39, 0.29) is 23.7 Å². The molecule has 3 aliphatic rings. The Morgan fingerprint density at radius 2 is 1.82 bits per heavy atom. The predicted molar refractivity (Wildman–Crippen MR) is 146 cm³/mol. The first kappa shape index (κ1) is 26.4. The summed E-state index contributed by atoms with van der Waals surface area (Å²) in [5.41, 5.74) is 8.22. The molecular formula is C30H32N4O5. The van der Waals surface area contributed by atoms with Crippen LogP contribution in [0.15, 0.2) is 60.9 Å². The van der Waals surface area contributed by atoms with Crippen molar-refractivity contribution in [3.63, 3.8) is 0 Å². The van der Waals surface area contributed by atoms with Gasteiger partial charge in [0.1, 0.15) is 6.10 Å². The number of primary amides is 1. The molecule has 0 aliphatic carbocycles. The summed E-state index contributed by atoms with van der Waals surface area (Å²) in [4.78, 5) is 45.3. The van der Waals surface area contributed by atoms with Crippen LogP contribution in [0.25, 0.3) is 11.1 Å². The molecule has 3 fully saturated rings. The number of nitrogens with two attached hydrogens (primary N) is 1. The Hall–Kier alpha value is -4.24. The van der Waals surface area contributed by atoms with E-state index in [0.717, 1.165) is 25.9 Å². The number of aromatic nitrogens is 1. The summed E-state index contributed by atoms with van der Waals surface area (Å²) < 4.78 is 6.10. The topological polar surface area (TPSA) is 135 Å². The molecule has 0 radical (unpaired) electrons. The third-order valence-corrected chi connectivity index (χ3v) is 7.77. The number of piperidine rings is 3. The molecule has 3 aromatic rings. The number of fused-ring (bicyclic) bond motifs is 3. The minimum Gasteiger partial charge on any atom is -0.478 e. The number of carboxylic acid groups (broad SMARTS) is 1. The fraction of sp³-hybridized carbons (Fsp3) is 0.333. The van der Waals surface area contributed by atoms with Gasteiger partial charge in [0.05, 0.1) is 11.1 Å². The maximum absolute atomic E-state index is 13.8. The largest absolute Gasteiger partial charge is 0.478 e. The van der Waals surface area contributed by atoms with Gasteiger partial charge in [-0.2, -0.15) is 0 Å². The first-order chi connectivity index (χ1) is 18.9. The zero-order valence-corrected chi connectivity index (χ0v) is 21.8. The second-order valence-electron chi connectivity index (χ2n) is 10.1. The van der Waals surface area contributed by atoms with E-state index in [1.54, 1.807) is 31.5 Å². The van der Waals surface area contributed by atoms with Crippen LogP contribution in [-0.2, 0) is 16.0 Å². The molecule has 1 unspecified atom stereocenters. The van der Waals surface area contributed by atoms with Crippen LogP contribution in [-0.4, -0.2) is 58.6 Å². The number of anilines is 1. The molecule has 2 aromatic carbocycles. The number of rotatable bonds is 9. The van der Waals surface area contributed by atoms with Crippen molar-refractivity contribution in [1.29, 1.82) is 0 Å². The SMILES string of the molecule is CCc1c(C(=O)O)cc(NC(C(=O)O[C@H]2CN3CCC2CC3)c2ccccc2)c(-c2ccncc2)c1C(N)=O. The zero-order chi connectivity index (χ0) is 27.5. The van der Waals surface area contributed by atoms with Gasteiger partial charge < -0.3 is 20.9 Å². The molecule has 9 heteroatoms. The smallest absolute Gasteiger partial charge is 0.336 e. The highest BCUT2D eigenvalue weighted by Crippen LogP contribution is 2.39. The summed E-state index contributed by atoms with van der Waals surface area (Å²) in [6.07, 6.45) is 5.23. The number of carbonyl (C=O) groups is 3. The first-order valence-electron chi connectivity index (χ1n) is 13.2. The third kappa shape index (κ3) is 5.35. The zero-order valence-electron chi connectivity index (χ0n) is 21.8. The number of ether oxygens (including phenoxy) is 1. The minimum atomic E-state index is -1.19. The van der Waals surface area contributed by atoms with Gasteiger partial charge in [-0.05, 0) is 73.2 Å². The molecule has 2 atom stereocenters. The van der Waals surface area contributed by atoms with Crippen LogP contribution in [0.1, 0.15) is 57.7 Å². The van der Waals surface area contributed by atoms with Gasteiger partial charge in [-0.3, -0.25) is 14.7 Å². The molecule has 6 rings (SSSR count). The van der Waals surface area contributed by atoms with Gasteiger partial charge in [-0.1, -0.05) is 37.3 Å². The van der Waals surface area contributed by atoms with Gasteiger partial charge in [0.25, 0.3) is 0 Å². The Labute approximate surface area is 227 Å². The number of hydrogen-bond donors (Lipinski definition) is 3. The highest BCUT2D eigenvalue weighted by atomic mass is 16.5. The van der Waals surface area contributed by atoms with E-state index in [4.69, 9.17) is 10.5 Å². The number of esters is 1. The molecule has 0 spiro atoms. The van der Waals surface area contributed by atoms with Gasteiger partial charge in [0.2, 0.25) is 5.91 Å². The Balaban J connectivity index is 1.62. The van der Waals surface area contributed by atoms with Crippen LogP contribution in [0.2, 0.25) is 0 Å². The van der Waals surface area contributed by atoms with Crippen molar-refractivity contribution >= 4 is 23.5 Å². The number of aromatic carboxylic acids is 1. The number of nitrogens with zero attached hydrogens (tertiary/aromatic N) is 2. The lowest BCUT2D eigenvalue weighted by atomic mass is 9.86.